The first-order chi connectivity index (χ1) is 16.7. The molecule has 35 heavy (non-hydrogen) atoms. The maximum atomic E-state index is 13.3. The van der Waals surface area contributed by atoms with Gasteiger partial charge in [-0.15, -0.1) is 8.78 Å². The van der Waals surface area contributed by atoms with Gasteiger partial charge in [0.15, 0.2) is 23.0 Å². The van der Waals surface area contributed by atoms with Crippen LogP contribution in [0.2, 0.25) is 0 Å². The van der Waals surface area contributed by atoms with Gasteiger partial charge in [-0.3, -0.25) is 0 Å². The second kappa shape index (κ2) is 8.75. The van der Waals surface area contributed by atoms with E-state index in [-0.39, 0.29) is 35.0 Å². The van der Waals surface area contributed by atoms with Gasteiger partial charge in [-0.2, -0.15) is 0 Å². The van der Waals surface area contributed by atoms with E-state index < -0.39 is 6.29 Å². The third kappa shape index (κ3) is 4.31. The van der Waals surface area contributed by atoms with Crippen molar-refractivity contribution in [3.63, 3.8) is 0 Å². The fourth-order valence-electron chi connectivity index (χ4n) is 5.77. The number of halogens is 2. The molecule has 2 heterocycles. The van der Waals surface area contributed by atoms with Crippen molar-refractivity contribution in [2.75, 3.05) is 33.1 Å². The van der Waals surface area contributed by atoms with Crippen molar-refractivity contribution in [3.8, 4) is 23.0 Å². The fourth-order valence-corrected chi connectivity index (χ4v) is 5.77. The third-order valence-corrected chi connectivity index (χ3v) is 7.48. The molecule has 2 aromatic rings. The number of ether oxygens (including phenoxy) is 4. The Kier molecular flexibility index (Phi) is 5.86. The minimum atomic E-state index is -3.70. The molecule has 1 saturated carbocycles. The number of nitrogens with zero attached hydrogens (tertiary/aromatic N) is 1. The van der Waals surface area contributed by atoms with Crippen LogP contribution in [0.5, 0.6) is 23.0 Å². The van der Waals surface area contributed by atoms with Gasteiger partial charge < -0.3 is 34.5 Å². The summed E-state index contributed by atoms with van der Waals surface area (Å²) in [6, 6.07) is 10.2. The summed E-state index contributed by atoms with van der Waals surface area (Å²) in [7, 11) is 5.39. The molecule has 5 rings (SSSR count). The van der Waals surface area contributed by atoms with Gasteiger partial charge >= 0.3 is 12.3 Å². The number of carbonyl (C=O) groups excluding carboxylic acids is 1. The van der Waals surface area contributed by atoms with Crippen molar-refractivity contribution in [1.82, 2.24) is 10.2 Å². The molecule has 0 bridgehead atoms. The monoisotopic (exact) mass is 489 g/mol. The Bertz CT molecular complexity index is 1130. The summed E-state index contributed by atoms with van der Waals surface area (Å²) in [5.41, 5.74) is 1.55. The SMILES string of the molecule is COc1ccc([C@@]23CC[C@H](NC(=O)Nc4ccc5c(c4)OC(F)(F)O5)C[C@H]2N(C)CC3)cc1OC. The second-order valence-corrected chi connectivity index (χ2v) is 9.37. The highest BCUT2D eigenvalue weighted by Crippen LogP contribution is 2.50. The zero-order valence-electron chi connectivity index (χ0n) is 19.9. The summed E-state index contributed by atoms with van der Waals surface area (Å²) < 4.78 is 46.3. The fraction of sp³-hybridized carbons (Fsp3) is 0.480. The number of methoxy groups -OCH3 is 2. The van der Waals surface area contributed by atoms with E-state index in [1.54, 1.807) is 14.2 Å². The summed E-state index contributed by atoms with van der Waals surface area (Å²) >= 11 is 0. The standard InChI is InChI=1S/C25H29F2N3O5/c1-30-11-10-24(15-4-6-18(32-2)20(12-15)33-3)9-8-17(14-22(24)30)29-23(31)28-16-5-7-19-21(13-16)35-25(26,27)34-19/h4-7,12-13,17,22H,8-11,14H2,1-3H3,(H2,28,29,31)/t17-,22+,24-/m0/s1. The third-order valence-electron chi connectivity index (χ3n) is 7.48. The Morgan fingerprint density at radius 1 is 1.06 bits per heavy atom. The van der Waals surface area contributed by atoms with Crippen LogP contribution in [0.1, 0.15) is 31.2 Å². The largest absolute Gasteiger partial charge is 0.586 e. The lowest BCUT2D eigenvalue weighted by atomic mass is 9.65. The van der Waals surface area contributed by atoms with E-state index >= 15 is 0 Å². The average molecular weight is 490 g/mol. The number of carbonyl (C=O) groups is 1. The summed E-state index contributed by atoms with van der Waals surface area (Å²) in [6.07, 6.45) is -0.129. The van der Waals surface area contributed by atoms with E-state index in [4.69, 9.17) is 9.47 Å². The number of benzene rings is 2. The maximum Gasteiger partial charge on any atom is 0.586 e. The van der Waals surface area contributed by atoms with Crippen LogP contribution < -0.4 is 29.6 Å². The molecule has 188 valence electrons. The van der Waals surface area contributed by atoms with Gasteiger partial charge in [0.2, 0.25) is 0 Å². The van der Waals surface area contributed by atoms with Crippen molar-refractivity contribution >= 4 is 11.7 Å². The molecule has 2 fully saturated rings. The number of anilines is 1. The van der Waals surface area contributed by atoms with Gasteiger partial charge in [-0.25, -0.2) is 4.79 Å². The molecule has 0 spiro atoms. The van der Waals surface area contributed by atoms with Crippen LogP contribution in [0.25, 0.3) is 0 Å². The predicted molar refractivity (Wildman–Crippen MR) is 125 cm³/mol. The number of alkyl halides is 2. The van der Waals surface area contributed by atoms with Gasteiger partial charge in [-0.1, -0.05) is 6.07 Å². The number of nitrogens with one attached hydrogen (secondary N) is 2. The molecule has 1 saturated heterocycles. The highest BCUT2D eigenvalue weighted by molar-refractivity contribution is 5.90. The number of amides is 2. The van der Waals surface area contributed by atoms with Crippen LogP contribution in [-0.2, 0) is 5.41 Å². The van der Waals surface area contributed by atoms with Crippen molar-refractivity contribution in [3.05, 3.63) is 42.0 Å². The molecular weight excluding hydrogens is 460 g/mol. The molecule has 0 radical (unpaired) electrons. The molecule has 3 aliphatic rings. The van der Waals surface area contributed by atoms with E-state index in [1.165, 1.54) is 23.8 Å². The predicted octanol–water partition coefficient (Wildman–Crippen LogP) is 4.34. The molecule has 3 atom stereocenters. The molecule has 1 aliphatic carbocycles. The lowest BCUT2D eigenvalue weighted by Crippen LogP contribution is -2.52. The summed E-state index contributed by atoms with van der Waals surface area (Å²) in [5, 5.41) is 5.76. The summed E-state index contributed by atoms with van der Waals surface area (Å²) in [4.78, 5) is 15.1. The molecule has 0 aromatic heterocycles. The number of hydrogen-bond acceptors (Lipinski definition) is 6. The number of urea groups is 1. The van der Waals surface area contributed by atoms with Gasteiger partial charge in [0, 0.05) is 29.3 Å². The molecular formula is C25H29F2N3O5. The van der Waals surface area contributed by atoms with Crippen molar-refractivity contribution < 1.29 is 32.5 Å². The number of likely N-dealkylation sites (N-methyl/N-ethyl adjacent to an activating group) is 1. The molecule has 2 aromatic carbocycles. The zero-order valence-corrected chi connectivity index (χ0v) is 19.9. The van der Waals surface area contributed by atoms with E-state index in [2.05, 4.69) is 44.2 Å². The van der Waals surface area contributed by atoms with E-state index in [0.29, 0.717) is 17.2 Å². The minimum absolute atomic E-state index is 0.0211. The van der Waals surface area contributed by atoms with Crippen molar-refractivity contribution in [2.24, 2.45) is 0 Å². The Balaban J connectivity index is 1.26. The Hall–Kier alpha value is -3.27. The number of rotatable bonds is 5. The van der Waals surface area contributed by atoms with E-state index in [9.17, 15) is 13.6 Å². The van der Waals surface area contributed by atoms with Crippen LogP contribution in [-0.4, -0.2) is 57.1 Å². The normalized spacial score (nSPS) is 26.7. The van der Waals surface area contributed by atoms with Crippen molar-refractivity contribution in [1.29, 1.82) is 0 Å². The molecule has 0 unspecified atom stereocenters. The second-order valence-electron chi connectivity index (χ2n) is 9.37. The Morgan fingerprint density at radius 3 is 2.60 bits per heavy atom. The minimum Gasteiger partial charge on any atom is -0.493 e. The first kappa shape index (κ1) is 23.5. The number of fused-ring (bicyclic) bond motifs is 2. The first-order valence-corrected chi connectivity index (χ1v) is 11.6. The zero-order chi connectivity index (χ0) is 24.8. The van der Waals surface area contributed by atoms with Crippen LogP contribution in [0.3, 0.4) is 0 Å². The van der Waals surface area contributed by atoms with Crippen LogP contribution in [0.15, 0.2) is 36.4 Å². The highest BCUT2D eigenvalue weighted by Gasteiger charge is 2.50. The summed E-state index contributed by atoms with van der Waals surface area (Å²) in [6.45, 7) is 0.972. The number of hydrogen-bond donors (Lipinski definition) is 2. The van der Waals surface area contributed by atoms with Crippen molar-refractivity contribution in [2.45, 2.75) is 49.5 Å². The van der Waals surface area contributed by atoms with Gasteiger partial charge in [-0.05, 0) is 69.1 Å². The highest BCUT2D eigenvalue weighted by atomic mass is 19.3. The Labute approximate surface area is 202 Å². The molecule has 2 N–H and O–H groups in total. The average Bonchev–Trinajstić information content (AvgIpc) is 3.33. The lowest BCUT2D eigenvalue weighted by molar-refractivity contribution is -0.286. The first-order valence-electron chi connectivity index (χ1n) is 11.6. The van der Waals surface area contributed by atoms with Crippen LogP contribution >= 0.6 is 0 Å². The van der Waals surface area contributed by atoms with E-state index in [1.807, 2.05) is 6.07 Å². The molecule has 8 nitrogen and oxygen atoms in total. The lowest BCUT2D eigenvalue weighted by Gasteiger charge is -2.45. The molecule has 2 amide bonds. The van der Waals surface area contributed by atoms with Gasteiger partial charge in [0.1, 0.15) is 0 Å². The number of likely N-dealkylation sites (tertiary alicyclic amines) is 1. The van der Waals surface area contributed by atoms with Crippen LogP contribution in [0.4, 0.5) is 19.3 Å². The van der Waals surface area contributed by atoms with Gasteiger partial charge in [0.25, 0.3) is 0 Å². The summed E-state index contributed by atoms with van der Waals surface area (Å²) in [5.74, 6) is 1.24. The topological polar surface area (TPSA) is 81.3 Å². The maximum absolute atomic E-state index is 13.3. The quantitative estimate of drug-likeness (QED) is 0.651. The smallest absolute Gasteiger partial charge is 0.493 e. The Morgan fingerprint density at radius 2 is 1.83 bits per heavy atom. The molecule has 2 aliphatic heterocycles. The molecule has 10 heteroatoms. The van der Waals surface area contributed by atoms with Gasteiger partial charge in [0.05, 0.1) is 14.2 Å². The van der Waals surface area contributed by atoms with Crippen LogP contribution in [0, 0.1) is 0 Å². The van der Waals surface area contributed by atoms with E-state index in [0.717, 1.165) is 32.2 Å².